The number of hydrogen-bond donors (Lipinski definition) is 1. The van der Waals surface area contributed by atoms with Gasteiger partial charge < -0.3 is 5.32 Å². The third kappa shape index (κ3) is 3.91. The van der Waals surface area contributed by atoms with Gasteiger partial charge >= 0.3 is 6.18 Å². The molecule has 0 saturated carbocycles. The van der Waals surface area contributed by atoms with Gasteiger partial charge in [-0.3, -0.25) is 4.79 Å². The van der Waals surface area contributed by atoms with Gasteiger partial charge in [0.15, 0.2) is 0 Å². The van der Waals surface area contributed by atoms with Crippen LogP contribution in [0.15, 0.2) is 42.6 Å². The van der Waals surface area contributed by atoms with E-state index in [1.807, 2.05) is 13.0 Å². The lowest BCUT2D eigenvalue weighted by molar-refractivity contribution is -0.137. The number of halogens is 3. The van der Waals surface area contributed by atoms with Crippen molar-refractivity contribution in [2.45, 2.75) is 20.0 Å². The van der Waals surface area contributed by atoms with E-state index in [0.29, 0.717) is 27.0 Å². The van der Waals surface area contributed by atoms with Crippen LogP contribution in [-0.4, -0.2) is 15.9 Å². The van der Waals surface area contributed by atoms with Crippen LogP contribution in [0.2, 0.25) is 0 Å². The molecule has 3 rings (SSSR count). The first-order chi connectivity index (χ1) is 12.2. The van der Waals surface area contributed by atoms with Gasteiger partial charge in [0.1, 0.15) is 15.7 Å². The number of carbonyl (C=O) groups is 1. The molecular formula is C18H14F3N3OS. The van der Waals surface area contributed by atoms with Gasteiger partial charge in [0.2, 0.25) is 0 Å². The Kier molecular flexibility index (Phi) is 4.78. The summed E-state index contributed by atoms with van der Waals surface area (Å²) in [6, 6.07) is 8.27. The Labute approximate surface area is 151 Å². The highest BCUT2D eigenvalue weighted by molar-refractivity contribution is 7.17. The minimum Gasteiger partial charge on any atom is -0.306 e. The van der Waals surface area contributed by atoms with Crippen LogP contribution in [0.3, 0.4) is 0 Å². The fourth-order valence-corrected chi connectivity index (χ4v) is 3.28. The monoisotopic (exact) mass is 377 g/mol. The van der Waals surface area contributed by atoms with E-state index in [4.69, 9.17) is 0 Å². The van der Waals surface area contributed by atoms with Gasteiger partial charge in [0.05, 0.1) is 11.3 Å². The standard InChI is InChI=1S/C18H14F3N3OS/c1-10-7-8-22-14(9-10)24-16(25)15-11(2)23-17(26-15)12-3-5-13(6-4-12)18(19,20)21/h3-9H,1-2H3,(H,22,24,25). The largest absolute Gasteiger partial charge is 0.416 e. The predicted molar refractivity (Wildman–Crippen MR) is 94.2 cm³/mol. The number of hydrogen-bond acceptors (Lipinski definition) is 4. The van der Waals surface area contributed by atoms with Crippen molar-refractivity contribution in [2.75, 3.05) is 5.32 Å². The topological polar surface area (TPSA) is 54.9 Å². The maximum absolute atomic E-state index is 12.7. The first kappa shape index (κ1) is 18.1. The van der Waals surface area contributed by atoms with E-state index in [9.17, 15) is 18.0 Å². The Morgan fingerprint density at radius 2 is 1.81 bits per heavy atom. The Hall–Kier alpha value is -2.74. The summed E-state index contributed by atoms with van der Waals surface area (Å²) in [6.07, 6.45) is -2.79. The van der Waals surface area contributed by atoms with Crippen LogP contribution in [0.25, 0.3) is 10.6 Å². The number of aryl methyl sites for hydroxylation is 2. The Morgan fingerprint density at radius 1 is 1.12 bits per heavy atom. The number of alkyl halides is 3. The molecule has 0 bridgehead atoms. The van der Waals surface area contributed by atoms with E-state index in [1.165, 1.54) is 12.1 Å². The summed E-state index contributed by atoms with van der Waals surface area (Å²) >= 11 is 1.13. The van der Waals surface area contributed by atoms with E-state index in [0.717, 1.165) is 29.0 Å². The van der Waals surface area contributed by atoms with Crippen molar-refractivity contribution in [1.82, 2.24) is 9.97 Å². The van der Waals surface area contributed by atoms with Crippen molar-refractivity contribution in [3.63, 3.8) is 0 Å². The number of aromatic nitrogens is 2. The van der Waals surface area contributed by atoms with Crippen molar-refractivity contribution in [3.05, 3.63) is 64.3 Å². The SMILES string of the molecule is Cc1ccnc(NC(=O)c2sc(-c3ccc(C(F)(F)F)cc3)nc2C)c1. The van der Waals surface area contributed by atoms with E-state index in [1.54, 1.807) is 19.2 Å². The second-order valence-electron chi connectivity index (χ2n) is 5.68. The first-order valence-corrected chi connectivity index (χ1v) is 8.45. The lowest BCUT2D eigenvalue weighted by Gasteiger charge is -2.06. The second-order valence-corrected chi connectivity index (χ2v) is 6.68. The molecule has 0 saturated heterocycles. The summed E-state index contributed by atoms with van der Waals surface area (Å²) in [5, 5.41) is 3.19. The normalized spacial score (nSPS) is 11.4. The van der Waals surface area contributed by atoms with E-state index < -0.39 is 11.7 Å². The van der Waals surface area contributed by atoms with Crippen LogP contribution in [0.5, 0.6) is 0 Å². The summed E-state index contributed by atoms with van der Waals surface area (Å²) in [5.74, 6) is 0.0788. The molecule has 0 aliphatic carbocycles. The zero-order valence-electron chi connectivity index (χ0n) is 13.9. The van der Waals surface area contributed by atoms with Gasteiger partial charge in [-0.05, 0) is 43.7 Å². The van der Waals surface area contributed by atoms with Gasteiger partial charge in [0, 0.05) is 11.8 Å². The Morgan fingerprint density at radius 3 is 2.42 bits per heavy atom. The predicted octanol–water partition coefficient (Wildman–Crippen LogP) is 5.09. The highest BCUT2D eigenvalue weighted by atomic mass is 32.1. The van der Waals surface area contributed by atoms with E-state index in [2.05, 4.69) is 15.3 Å². The van der Waals surface area contributed by atoms with Crippen LogP contribution in [0.1, 0.15) is 26.5 Å². The molecule has 1 N–H and O–H groups in total. The minimum absolute atomic E-state index is 0.351. The number of rotatable bonds is 3. The number of benzene rings is 1. The number of pyridine rings is 1. The molecule has 3 aromatic rings. The number of thiazole rings is 1. The number of nitrogens with zero attached hydrogens (tertiary/aromatic N) is 2. The highest BCUT2D eigenvalue weighted by Crippen LogP contribution is 2.33. The Bertz CT molecular complexity index is 949. The summed E-state index contributed by atoms with van der Waals surface area (Å²) in [7, 11) is 0. The lowest BCUT2D eigenvalue weighted by Crippen LogP contribution is -2.12. The average molecular weight is 377 g/mol. The molecular weight excluding hydrogens is 363 g/mol. The van der Waals surface area contributed by atoms with E-state index >= 15 is 0 Å². The van der Waals surface area contributed by atoms with Crippen molar-refractivity contribution in [3.8, 4) is 10.6 Å². The molecule has 8 heteroatoms. The molecule has 0 atom stereocenters. The molecule has 4 nitrogen and oxygen atoms in total. The van der Waals surface area contributed by atoms with Gasteiger partial charge in [0.25, 0.3) is 5.91 Å². The molecule has 0 aliphatic heterocycles. The molecule has 1 amide bonds. The summed E-state index contributed by atoms with van der Waals surface area (Å²) < 4.78 is 38.0. The molecule has 2 aromatic heterocycles. The molecule has 1 aromatic carbocycles. The molecule has 26 heavy (non-hydrogen) atoms. The number of anilines is 1. The second kappa shape index (κ2) is 6.87. The van der Waals surface area contributed by atoms with Crippen LogP contribution in [0, 0.1) is 13.8 Å². The third-order valence-corrected chi connectivity index (χ3v) is 4.82. The van der Waals surface area contributed by atoms with Crippen LogP contribution in [0.4, 0.5) is 19.0 Å². The van der Waals surface area contributed by atoms with Crippen molar-refractivity contribution >= 4 is 23.1 Å². The summed E-state index contributed by atoms with van der Waals surface area (Å²) in [6.45, 7) is 3.57. The zero-order valence-corrected chi connectivity index (χ0v) is 14.7. The minimum atomic E-state index is -4.39. The third-order valence-electron chi connectivity index (χ3n) is 3.62. The van der Waals surface area contributed by atoms with Gasteiger partial charge in [-0.25, -0.2) is 9.97 Å². The first-order valence-electron chi connectivity index (χ1n) is 7.63. The summed E-state index contributed by atoms with van der Waals surface area (Å²) in [5.41, 5.74) is 1.27. The summed E-state index contributed by atoms with van der Waals surface area (Å²) in [4.78, 5) is 21.2. The lowest BCUT2D eigenvalue weighted by atomic mass is 10.1. The molecule has 134 valence electrons. The zero-order chi connectivity index (χ0) is 18.9. The highest BCUT2D eigenvalue weighted by Gasteiger charge is 2.30. The number of amides is 1. The molecule has 0 spiro atoms. The van der Waals surface area contributed by atoms with Crippen LogP contribution < -0.4 is 5.32 Å². The average Bonchev–Trinajstić information content (AvgIpc) is 2.96. The fourth-order valence-electron chi connectivity index (χ4n) is 2.31. The smallest absolute Gasteiger partial charge is 0.306 e. The van der Waals surface area contributed by atoms with Crippen molar-refractivity contribution in [1.29, 1.82) is 0 Å². The van der Waals surface area contributed by atoms with Crippen LogP contribution >= 0.6 is 11.3 Å². The van der Waals surface area contributed by atoms with E-state index in [-0.39, 0.29) is 5.91 Å². The van der Waals surface area contributed by atoms with Crippen molar-refractivity contribution in [2.24, 2.45) is 0 Å². The number of nitrogens with one attached hydrogen (secondary N) is 1. The molecule has 2 heterocycles. The van der Waals surface area contributed by atoms with Gasteiger partial charge in [-0.1, -0.05) is 12.1 Å². The molecule has 0 aliphatic rings. The fraction of sp³-hybridized carbons (Fsp3) is 0.167. The quantitative estimate of drug-likeness (QED) is 0.691. The maximum Gasteiger partial charge on any atom is 0.416 e. The molecule has 0 fully saturated rings. The maximum atomic E-state index is 12.7. The van der Waals surface area contributed by atoms with Crippen LogP contribution in [-0.2, 0) is 6.18 Å². The van der Waals surface area contributed by atoms with Gasteiger partial charge in [-0.15, -0.1) is 11.3 Å². The molecule has 0 radical (unpaired) electrons. The number of carbonyl (C=O) groups excluding carboxylic acids is 1. The molecule has 0 unspecified atom stereocenters. The van der Waals surface area contributed by atoms with Gasteiger partial charge in [-0.2, -0.15) is 13.2 Å². The Balaban J connectivity index is 1.83. The van der Waals surface area contributed by atoms with Crippen molar-refractivity contribution < 1.29 is 18.0 Å².